The summed E-state index contributed by atoms with van der Waals surface area (Å²) >= 11 is 0. The van der Waals surface area contributed by atoms with E-state index in [4.69, 9.17) is 4.74 Å². The van der Waals surface area contributed by atoms with E-state index in [1.165, 1.54) is 7.11 Å². The van der Waals surface area contributed by atoms with Crippen LogP contribution in [0.1, 0.15) is 11.7 Å². The monoisotopic (exact) mass is 265 g/mol. The van der Waals surface area contributed by atoms with Crippen LogP contribution in [0.3, 0.4) is 0 Å². The summed E-state index contributed by atoms with van der Waals surface area (Å²) in [6, 6.07) is 6.60. The molecule has 0 radical (unpaired) electrons. The first kappa shape index (κ1) is 14.7. The van der Waals surface area contributed by atoms with E-state index in [1.54, 1.807) is 24.3 Å². The molecule has 1 aromatic carbocycles. The first-order valence-electron chi connectivity index (χ1n) is 5.16. The molecule has 18 heavy (non-hydrogen) atoms. The molecule has 1 unspecified atom stereocenters. The zero-order valence-corrected chi connectivity index (χ0v) is 9.70. The molecule has 0 heterocycles. The molecule has 0 saturated heterocycles. The highest BCUT2D eigenvalue weighted by Gasteiger charge is 2.27. The van der Waals surface area contributed by atoms with E-state index >= 15 is 0 Å². The fourth-order valence-corrected chi connectivity index (χ4v) is 1.24. The number of ether oxygens (including phenoxy) is 1. The minimum absolute atomic E-state index is 0.150. The minimum Gasteiger partial charge on any atom is -0.497 e. The Kier molecular flexibility index (Phi) is 5.39. The number of methoxy groups -OCH3 is 1. The Morgan fingerprint density at radius 1 is 1.39 bits per heavy atom. The van der Waals surface area contributed by atoms with Crippen molar-refractivity contribution >= 4 is 0 Å². The Balaban J connectivity index is 2.38. The smallest absolute Gasteiger partial charge is 0.413 e. The maximum Gasteiger partial charge on any atom is 0.413 e. The van der Waals surface area contributed by atoms with Gasteiger partial charge in [-0.05, 0) is 17.7 Å². The molecular weight excluding hydrogens is 251 g/mol. The fraction of sp³-hybridized carbons (Fsp3) is 0.455. The van der Waals surface area contributed by atoms with Crippen molar-refractivity contribution in [2.75, 3.05) is 20.3 Å². The number of hydroxylamine groups is 1. The SMILES string of the molecule is COc1cccc(C(O)CNOCC(F)(F)F)c1. The van der Waals surface area contributed by atoms with Gasteiger partial charge in [0.2, 0.25) is 0 Å². The van der Waals surface area contributed by atoms with Gasteiger partial charge >= 0.3 is 6.18 Å². The maximum absolute atomic E-state index is 11.8. The molecule has 0 aromatic heterocycles. The summed E-state index contributed by atoms with van der Waals surface area (Å²) in [5.41, 5.74) is 2.59. The van der Waals surface area contributed by atoms with E-state index in [2.05, 4.69) is 10.3 Å². The van der Waals surface area contributed by atoms with Gasteiger partial charge < -0.3 is 9.84 Å². The zero-order valence-electron chi connectivity index (χ0n) is 9.70. The highest BCUT2D eigenvalue weighted by atomic mass is 19.4. The van der Waals surface area contributed by atoms with Crippen molar-refractivity contribution in [3.8, 4) is 5.75 Å². The zero-order chi connectivity index (χ0) is 13.6. The van der Waals surface area contributed by atoms with Crippen LogP contribution in [0.2, 0.25) is 0 Å². The highest BCUT2D eigenvalue weighted by Crippen LogP contribution is 2.18. The van der Waals surface area contributed by atoms with E-state index < -0.39 is 18.9 Å². The number of benzene rings is 1. The third-order valence-electron chi connectivity index (χ3n) is 2.09. The standard InChI is InChI=1S/C11H14F3NO3/c1-17-9-4-2-3-8(5-9)10(16)6-15-18-7-11(12,13)14/h2-5,10,15-16H,6-7H2,1H3. The summed E-state index contributed by atoms with van der Waals surface area (Å²) < 4.78 is 40.2. The number of rotatable bonds is 6. The molecule has 1 rings (SSSR count). The lowest BCUT2D eigenvalue weighted by Crippen LogP contribution is -2.28. The molecule has 0 aliphatic heterocycles. The van der Waals surface area contributed by atoms with Gasteiger partial charge in [-0.3, -0.25) is 4.84 Å². The summed E-state index contributed by atoms with van der Waals surface area (Å²) in [5.74, 6) is 0.558. The molecule has 0 aliphatic carbocycles. The number of alkyl halides is 3. The maximum atomic E-state index is 11.8. The van der Waals surface area contributed by atoms with Crippen molar-refractivity contribution in [2.45, 2.75) is 12.3 Å². The Labute approximate surface area is 102 Å². The van der Waals surface area contributed by atoms with Crippen LogP contribution in [0.15, 0.2) is 24.3 Å². The van der Waals surface area contributed by atoms with Gasteiger partial charge in [0.05, 0.1) is 19.8 Å². The second-order valence-corrected chi connectivity index (χ2v) is 3.54. The fourth-order valence-electron chi connectivity index (χ4n) is 1.24. The van der Waals surface area contributed by atoms with E-state index in [0.717, 1.165) is 0 Å². The Morgan fingerprint density at radius 3 is 2.72 bits per heavy atom. The molecule has 0 spiro atoms. The summed E-state index contributed by atoms with van der Waals surface area (Å²) in [6.45, 7) is -1.55. The van der Waals surface area contributed by atoms with Crippen molar-refractivity contribution in [1.29, 1.82) is 0 Å². The Hall–Kier alpha value is -1.31. The number of aliphatic hydroxyl groups excluding tert-OH is 1. The van der Waals surface area contributed by atoms with Crippen molar-refractivity contribution in [3.63, 3.8) is 0 Å². The van der Waals surface area contributed by atoms with Crippen LogP contribution in [0.4, 0.5) is 13.2 Å². The van der Waals surface area contributed by atoms with E-state index in [9.17, 15) is 18.3 Å². The molecule has 1 aromatic rings. The summed E-state index contributed by atoms with van der Waals surface area (Å²) in [5, 5.41) is 9.69. The summed E-state index contributed by atoms with van der Waals surface area (Å²) in [6.07, 6.45) is -5.37. The van der Waals surface area contributed by atoms with Gasteiger partial charge in [-0.1, -0.05) is 12.1 Å². The van der Waals surface area contributed by atoms with Gasteiger partial charge in [0.15, 0.2) is 6.61 Å². The molecule has 0 aliphatic rings. The number of hydrogen-bond donors (Lipinski definition) is 2. The first-order valence-corrected chi connectivity index (χ1v) is 5.16. The van der Waals surface area contributed by atoms with Crippen LogP contribution < -0.4 is 10.2 Å². The second kappa shape index (κ2) is 6.58. The van der Waals surface area contributed by atoms with Crippen LogP contribution in [-0.2, 0) is 4.84 Å². The van der Waals surface area contributed by atoms with Crippen molar-refractivity contribution in [3.05, 3.63) is 29.8 Å². The quantitative estimate of drug-likeness (QED) is 0.608. The highest BCUT2D eigenvalue weighted by molar-refractivity contribution is 5.29. The van der Waals surface area contributed by atoms with Gasteiger partial charge in [-0.25, -0.2) is 0 Å². The van der Waals surface area contributed by atoms with Gasteiger partial charge in [0.1, 0.15) is 5.75 Å². The number of halogens is 3. The molecule has 7 heteroatoms. The lowest BCUT2D eigenvalue weighted by atomic mass is 10.1. The number of nitrogens with one attached hydrogen (secondary N) is 1. The van der Waals surface area contributed by atoms with Crippen LogP contribution in [-0.4, -0.2) is 31.5 Å². The molecule has 2 N–H and O–H groups in total. The lowest BCUT2D eigenvalue weighted by Gasteiger charge is -2.13. The van der Waals surface area contributed by atoms with Crippen LogP contribution in [0.25, 0.3) is 0 Å². The molecule has 0 amide bonds. The van der Waals surface area contributed by atoms with E-state index in [1.807, 2.05) is 0 Å². The third kappa shape index (κ3) is 5.35. The first-order chi connectivity index (χ1) is 8.42. The summed E-state index contributed by atoms with van der Waals surface area (Å²) in [4.78, 5) is 4.18. The Bertz CT molecular complexity index is 371. The molecule has 0 saturated carbocycles. The molecular formula is C11H14F3NO3. The van der Waals surface area contributed by atoms with Crippen molar-refractivity contribution < 1.29 is 27.9 Å². The van der Waals surface area contributed by atoms with Gasteiger partial charge in [0.25, 0.3) is 0 Å². The second-order valence-electron chi connectivity index (χ2n) is 3.54. The lowest BCUT2D eigenvalue weighted by molar-refractivity contribution is -0.191. The number of hydrogen-bond acceptors (Lipinski definition) is 4. The van der Waals surface area contributed by atoms with Crippen LogP contribution in [0, 0.1) is 0 Å². The third-order valence-corrected chi connectivity index (χ3v) is 2.09. The van der Waals surface area contributed by atoms with Crippen molar-refractivity contribution in [2.24, 2.45) is 0 Å². The predicted octanol–water partition coefficient (Wildman–Crippen LogP) is 1.81. The van der Waals surface area contributed by atoms with Crippen LogP contribution in [0.5, 0.6) is 5.75 Å². The normalized spacial score (nSPS) is 13.4. The summed E-state index contributed by atoms with van der Waals surface area (Å²) in [7, 11) is 1.48. The van der Waals surface area contributed by atoms with Gasteiger partial charge in [0, 0.05) is 0 Å². The van der Waals surface area contributed by atoms with E-state index in [-0.39, 0.29) is 6.54 Å². The molecule has 1 atom stereocenters. The van der Waals surface area contributed by atoms with E-state index in [0.29, 0.717) is 11.3 Å². The largest absolute Gasteiger partial charge is 0.497 e. The van der Waals surface area contributed by atoms with Crippen LogP contribution >= 0.6 is 0 Å². The molecule has 4 nitrogen and oxygen atoms in total. The van der Waals surface area contributed by atoms with Crippen molar-refractivity contribution in [1.82, 2.24) is 5.48 Å². The molecule has 102 valence electrons. The number of aliphatic hydroxyl groups is 1. The topological polar surface area (TPSA) is 50.7 Å². The average molecular weight is 265 g/mol. The predicted molar refractivity (Wildman–Crippen MR) is 58.0 cm³/mol. The Morgan fingerprint density at radius 2 is 2.11 bits per heavy atom. The minimum atomic E-state index is -4.39. The molecule has 0 bridgehead atoms. The molecule has 0 fully saturated rings. The van der Waals surface area contributed by atoms with Gasteiger partial charge in [-0.2, -0.15) is 18.7 Å². The average Bonchev–Trinajstić information content (AvgIpc) is 2.33. The van der Waals surface area contributed by atoms with Gasteiger partial charge in [-0.15, -0.1) is 0 Å².